The minimum atomic E-state index is -0.689. The number of carbonyl (C=O) groups is 3. The summed E-state index contributed by atoms with van der Waals surface area (Å²) in [7, 11) is 0. The fourth-order valence-electron chi connectivity index (χ4n) is 4.05. The highest BCUT2D eigenvalue weighted by Gasteiger charge is 2.34. The Bertz CT molecular complexity index is 1310. The van der Waals surface area contributed by atoms with Crippen molar-refractivity contribution in [2.24, 2.45) is 5.73 Å². The lowest BCUT2D eigenvalue weighted by Crippen LogP contribution is -2.43. The van der Waals surface area contributed by atoms with E-state index in [1.54, 1.807) is 18.2 Å². The zero-order valence-electron chi connectivity index (χ0n) is 19.9. The number of anilines is 1. The Morgan fingerprint density at radius 3 is 2.67 bits per heavy atom. The number of hydrogen-bond donors (Lipinski definition) is 3. The van der Waals surface area contributed by atoms with Crippen LogP contribution in [-0.4, -0.2) is 51.5 Å². The van der Waals surface area contributed by atoms with Crippen molar-refractivity contribution in [1.29, 1.82) is 0 Å². The Balaban J connectivity index is 1.51. The van der Waals surface area contributed by atoms with Crippen molar-refractivity contribution in [3.63, 3.8) is 0 Å². The van der Waals surface area contributed by atoms with Crippen molar-refractivity contribution in [2.45, 2.75) is 45.3 Å². The normalized spacial score (nSPS) is 13.0. The molecule has 0 atom stereocenters. The molecule has 0 saturated heterocycles. The molecule has 190 valence electrons. The van der Waals surface area contributed by atoms with Gasteiger partial charge in [-0.15, -0.1) is 0 Å². The molecule has 4 rings (SSSR count). The number of hydrogen-bond acceptors (Lipinski definition) is 5. The van der Waals surface area contributed by atoms with Crippen LogP contribution >= 0.6 is 11.6 Å². The van der Waals surface area contributed by atoms with Crippen LogP contribution in [0.25, 0.3) is 10.9 Å². The molecule has 0 unspecified atom stereocenters. The lowest BCUT2D eigenvalue weighted by molar-refractivity contribution is -0.137. The van der Waals surface area contributed by atoms with Crippen molar-refractivity contribution in [3.8, 4) is 0 Å². The van der Waals surface area contributed by atoms with E-state index in [2.05, 4.69) is 15.7 Å². The Morgan fingerprint density at radius 1 is 1.22 bits per heavy atom. The van der Waals surface area contributed by atoms with Crippen LogP contribution in [0.1, 0.15) is 42.2 Å². The van der Waals surface area contributed by atoms with E-state index in [0.29, 0.717) is 17.4 Å². The molecule has 3 amide bonds. The molecule has 0 radical (unpaired) electrons. The van der Waals surface area contributed by atoms with Crippen LogP contribution in [-0.2, 0) is 22.7 Å². The fourth-order valence-corrected chi connectivity index (χ4v) is 4.25. The van der Waals surface area contributed by atoms with Crippen molar-refractivity contribution in [2.75, 3.05) is 18.4 Å². The number of nitrogens with zero attached hydrogens (tertiary/aromatic N) is 3. The van der Waals surface area contributed by atoms with E-state index in [1.807, 2.05) is 13.0 Å². The highest BCUT2D eigenvalue weighted by atomic mass is 35.5. The van der Waals surface area contributed by atoms with Gasteiger partial charge in [0.2, 0.25) is 11.8 Å². The molecule has 3 aromatic rings. The molecule has 1 saturated carbocycles. The first-order valence-electron chi connectivity index (χ1n) is 11.8. The van der Waals surface area contributed by atoms with Crippen molar-refractivity contribution >= 4 is 45.9 Å². The lowest BCUT2D eigenvalue weighted by Gasteiger charge is -2.22. The molecule has 1 aliphatic rings. The van der Waals surface area contributed by atoms with Gasteiger partial charge in [0.15, 0.2) is 5.69 Å². The Morgan fingerprint density at radius 2 is 1.97 bits per heavy atom. The number of benzene rings is 2. The lowest BCUT2D eigenvalue weighted by atomic mass is 10.1. The maximum absolute atomic E-state index is 14.1. The molecule has 1 heterocycles. The molecule has 1 fully saturated rings. The van der Waals surface area contributed by atoms with Gasteiger partial charge in [-0.2, -0.15) is 5.10 Å². The first-order chi connectivity index (χ1) is 17.3. The standard InChI is InChI=1S/C25H28ClFN6O3/c1-2-11-29-19-8-4-6-17-23(25(28)36)31-33(24(17)19)14-21(35)32(16-9-10-16)13-20(34)30-12-15-5-3-7-18(26)22(15)27/h3-8,16,29H,2,9-14H2,1H3,(H2,28,36)(H,30,34). The summed E-state index contributed by atoms with van der Waals surface area (Å²) in [6, 6.07) is 9.90. The van der Waals surface area contributed by atoms with E-state index in [1.165, 1.54) is 21.7 Å². The monoisotopic (exact) mass is 514 g/mol. The summed E-state index contributed by atoms with van der Waals surface area (Å²) in [5.41, 5.74) is 7.22. The van der Waals surface area contributed by atoms with Crippen LogP contribution < -0.4 is 16.4 Å². The molecule has 2 aromatic carbocycles. The Labute approximate surface area is 212 Å². The third-order valence-corrected chi connectivity index (χ3v) is 6.28. The van der Waals surface area contributed by atoms with Crippen LogP contribution in [0, 0.1) is 5.82 Å². The van der Waals surface area contributed by atoms with E-state index in [0.717, 1.165) is 24.9 Å². The molecule has 1 aliphatic carbocycles. The Hall–Kier alpha value is -3.66. The quantitative estimate of drug-likeness (QED) is 0.363. The smallest absolute Gasteiger partial charge is 0.269 e. The number of primary amides is 1. The topological polar surface area (TPSA) is 122 Å². The molecule has 9 nitrogen and oxygen atoms in total. The molecule has 36 heavy (non-hydrogen) atoms. The van der Waals surface area contributed by atoms with E-state index in [-0.39, 0.29) is 47.9 Å². The second-order valence-corrected chi connectivity index (χ2v) is 9.15. The van der Waals surface area contributed by atoms with Gasteiger partial charge in [-0.05, 0) is 31.4 Å². The van der Waals surface area contributed by atoms with Gasteiger partial charge >= 0.3 is 0 Å². The van der Waals surface area contributed by atoms with Gasteiger partial charge in [-0.1, -0.05) is 42.8 Å². The largest absolute Gasteiger partial charge is 0.383 e. The SMILES string of the molecule is CCCNc1cccc2c(C(N)=O)nn(CC(=O)N(CC(=O)NCc3cccc(Cl)c3F)C3CC3)c12. The van der Waals surface area contributed by atoms with Crippen LogP contribution in [0.3, 0.4) is 0 Å². The van der Waals surface area contributed by atoms with Gasteiger partial charge in [0.25, 0.3) is 5.91 Å². The van der Waals surface area contributed by atoms with Gasteiger partial charge in [0.05, 0.1) is 22.8 Å². The number of nitrogens with two attached hydrogens (primary N) is 1. The maximum atomic E-state index is 14.1. The van der Waals surface area contributed by atoms with Gasteiger partial charge < -0.3 is 21.3 Å². The van der Waals surface area contributed by atoms with Crippen molar-refractivity contribution in [1.82, 2.24) is 20.0 Å². The molecule has 1 aromatic heterocycles. The number of aromatic nitrogens is 2. The van der Waals surface area contributed by atoms with E-state index >= 15 is 0 Å². The third-order valence-electron chi connectivity index (χ3n) is 5.98. The second-order valence-electron chi connectivity index (χ2n) is 8.74. The molecule has 0 bridgehead atoms. The number of amides is 3. The Kier molecular flexibility index (Phi) is 7.73. The first kappa shape index (κ1) is 25.4. The summed E-state index contributed by atoms with van der Waals surface area (Å²) in [5.74, 6) is -2.00. The van der Waals surface area contributed by atoms with Crippen molar-refractivity contribution in [3.05, 3.63) is 58.5 Å². The first-order valence-corrected chi connectivity index (χ1v) is 12.2. The maximum Gasteiger partial charge on any atom is 0.269 e. The summed E-state index contributed by atoms with van der Waals surface area (Å²) < 4.78 is 15.6. The highest BCUT2D eigenvalue weighted by molar-refractivity contribution is 6.30. The molecule has 4 N–H and O–H groups in total. The zero-order valence-corrected chi connectivity index (χ0v) is 20.6. The van der Waals surface area contributed by atoms with E-state index in [9.17, 15) is 18.8 Å². The van der Waals surface area contributed by atoms with Gasteiger partial charge in [-0.3, -0.25) is 19.1 Å². The van der Waals surface area contributed by atoms with Crippen LogP contribution in [0.15, 0.2) is 36.4 Å². The molecular formula is C25H28ClFN6O3. The molecular weight excluding hydrogens is 487 g/mol. The van der Waals surface area contributed by atoms with Gasteiger partial charge in [0.1, 0.15) is 12.4 Å². The number of rotatable bonds is 11. The number of para-hydroxylation sites is 1. The number of carbonyl (C=O) groups excluding carboxylic acids is 3. The van der Waals surface area contributed by atoms with Crippen molar-refractivity contribution < 1.29 is 18.8 Å². The number of fused-ring (bicyclic) bond motifs is 1. The minimum absolute atomic E-state index is 0.0221. The number of halogens is 2. The summed E-state index contributed by atoms with van der Waals surface area (Å²) >= 11 is 5.80. The fraction of sp³-hybridized carbons (Fsp3) is 0.360. The summed E-state index contributed by atoms with van der Waals surface area (Å²) in [4.78, 5) is 39.5. The summed E-state index contributed by atoms with van der Waals surface area (Å²) in [6.07, 6.45) is 2.46. The minimum Gasteiger partial charge on any atom is -0.383 e. The van der Waals surface area contributed by atoms with E-state index in [4.69, 9.17) is 17.3 Å². The van der Waals surface area contributed by atoms with E-state index < -0.39 is 17.6 Å². The predicted octanol–water partition coefficient (Wildman–Crippen LogP) is 3.06. The molecule has 0 spiro atoms. The summed E-state index contributed by atoms with van der Waals surface area (Å²) in [5, 5.41) is 10.8. The number of nitrogens with one attached hydrogen (secondary N) is 2. The predicted molar refractivity (Wildman–Crippen MR) is 135 cm³/mol. The van der Waals surface area contributed by atoms with Crippen LogP contribution in [0.5, 0.6) is 0 Å². The highest BCUT2D eigenvalue weighted by Crippen LogP contribution is 2.29. The average Bonchev–Trinajstić information content (AvgIpc) is 3.63. The average molecular weight is 515 g/mol. The zero-order chi connectivity index (χ0) is 25.8. The van der Waals surface area contributed by atoms with Gasteiger partial charge in [0, 0.05) is 30.1 Å². The van der Waals surface area contributed by atoms with Crippen LogP contribution in [0.4, 0.5) is 10.1 Å². The summed E-state index contributed by atoms with van der Waals surface area (Å²) in [6.45, 7) is 2.35. The van der Waals surface area contributed by atoms with Gasteiger partial charge in [-0.25, -0.2) is 4.39 Å². The third kappa shape index (κ3) is 5.59. The van der Waals surface area contributed by atoms with Crippen LogP contribution in [0.2, 0.25) is 5.02 Å². The molecule has 11 heteroatoms. The second kappa shape index (κ2) is 10.9. The molecule has 0 aliphatic heterocycles.